The van der Waals surface area contributed by atoms with Crippen LogP contribution in [0, 0.1) is 0 Å². The Hall–Kier alpha value is -3.24. The highest BCUT2D eigenvalue weighted by molar-refractivity contribution is 7.89. The Kier molecular flexibility index (Phi) is 6.42. The predicted octanol–water partition coefficient (Wildman–Crippen LogP) is 1.28. The summed E-state index contributed by atoms with van der Waals surface area (Å²) in [6.45, 7) is 1.03. The molecule has 3 rings (SSSR count). The maximum atomic E-state index is 12.8. The largest absolute Gasteiger partial charge is 0.344 e. The molecule has 0 aromatic heterocycles. The average Bonchev–Trinajstić information content (AvgIpc) is 2.97. The van der Waals surface area contributed by atoms with Crippen LogP contribution < -0.4 is 10.7 Å². The Morgan fingerprint density at radius 2 is 1.65 bits per heavy atom. The monoisotopic (exact) mass is 444 g/mol. The number of hydrogen-bond donors (Lipinski definition) is 2. The van der Waals surface area contributed by atoms with E-state index in [-0.39, 0.29) is 4.90 Å². The number of likely N-dealkylation sites (N-methyl/N-ethyl adjacent to an activating group) is 1. The lowest BCUT2D eigenvalue weighted by molar-refractivity contribution is -0.138. The number of imide groups is 1. The minimum Gasteiger partial charge on any atom is -0.322 e. The van der Waals surface area contributed by atoms with E-state index in [2.05, 4.69) is 10.7 Å². The molecule has 1 aliphatic heterocycles. The van der Waals surface area contributed by atoms with Crippen molar-refractivity contribution in [3.05, 3.63) is 66.2 Å². The maximum absolute atomic E-state index is 12.8. The first-order chi connectivity index (χ1) is 14.6. The van der Waals surface area contributed by atoms with Gasteiger partial charge in [-0.1, -0.05) is 48.5 Å². The zero-order valence-corrected chi connectivity index (χ0v) is 18.1. The highest BCUT2D eigenvalue weighted by atomic mass is 32.2. The number of amides is 4. The second-order valence-electron chi connectivity index (χ2n) is 7.50. The number of hydrogen-bond acceptors (Lipinski definition) is 5. The van der Waals surface area contributed by atoms with Gasteiger partial charge in [-0.25, -0.2) is 13.2 Å². The van der Waals surface area contributed by atoms with Crippen molar-refractivity contribution in [1.29, 1.82) is 0 Å². The molecule has 9 nitrogen and oxygen atoms in total. The maximum Gasteiger partial charge on any atom is 0.344 e. The molecular weight excluding hydrogens is 420 g/mol. The zero-order valence-electron chi connectivity index (χ0n) is 17.2. The third kappa shape index (κ3) is 4.92. The van der Waals surface area contributed by atoms with Gasteiger partial charge < -0.3 is 5.32 Å². The van der Waals surface area contributed by atoms with Crippen LogP contribution in [0.25, 0.3) is 0 Å². The van der Waals surface area contributed by atoms with E-state index in [4.69, 9.17) is 0 Å². The van der Waals surface area contributed by atoms with Crippen LogP contribution in [-0.4, -0.2) is 54.7 Å². The first kappa shape index (κ1) is 22.4. The highest BCUT2D eigenvalue weighted by Crippen LogP contribution is 2.22. The lowest BCUT2D eigenvalue weighted by Crippen LogP contribution is -2.51. The molecule has 2 aromatic carbocycles. The molecule has 1 unspecified atom stereocenters. The number of aryl methyl sites for hydroxylation is 1. The molecule has 0 bridgehead atoms. The van der Waals surface area contributed by atoms with Gasteiger partial charge in [-0.2, -0.15) is 9.31 Å². The Balaban J connectivity index is 1.62. The zero-order chi connectivity index (χ0) is 22.6. The van der Waals surface area contributed by atoms with Crippen molar-refractivity contribution in [3.8, 4) is 0 Å². The molecule has 0 spiro atoms. The minimum atomic E-state index is -3.89. The topological polar surface area (TPSA) is 116 Å². The van der Waals surface area contributed by atoms with E-state index >= 15 is 0 Å². The van der Waals surface area contributed by atoms with Crippen molar-refractivity contribution < 1.29 is 22.8 Å². The summed E-state index contributed by atoms with van der Waals surface area (Å²) < 4.78 is 25.9. The van der Waals surface area contributed by atoms with Crippen molar-refractivity contribution >= 4 is 27.9 Å². The number of nitrogens with one attached hydrogen (secondary N) is 2. The number of urea groups is 1. The molecule has 1 atom stereocenters. The molecule has 31 heavy (non-hydrogen) atoms. The predicted molar refractivity (Wildman–Crippen MR) is 113 cm³/mol. The number of benzene rings is 2. The highest BCUT2D eigenvalue weighted by Gasteiger charge is 2.48. The van der Waals surface area contributed by atoms with Crippen LogP contribution in [0.2, 0.25) is 0 Å². The van der Waals surface area contributed by atoms with Crippen LogP contribution >= 0.6 is 0 Å². The van der Waals surface area contributed by atoms with Crippen molar-refractivity contribution in [3.63, 3.8) is 0 Å². The fraction of sp³-hybridized carbons (Fsp3) is 0.286. The molecule has 1 heterocycles. The first-order valence-corrected chi connectivity index (χ1v) is 11.1. The van der Waals surface area contributed by atoms with E-state index in [0.29, 0.717) is 17.9 Å². The molecule has 164 valence electrons. The van der Waals surface area contributed by atoms with Crippen LogP contribution in [0.1, 0.15) is 18.9 Å². The number of carbonyl (C=O) groups excluding carboxylic acids is 3. The molecule has 1 fully saturated rings. The molecule has 0 saturated carbocycles. The molecule has 1 saturated heterocycles. The normalized spacial score (nSPS) is 18.9. The first-order valence-electron chi connectivity index (χ1n) is 9.65. The van der Waals surface area contributed by atoms with Crippen molar-refractivity contribution in [2.45, 2.75) is 30.2 Å². The molecule has 1 aliphatic rings. The van der Waals surface area contributed by atoms with Gasteiger partial charge in [0.1, 0.15) is 5.54 Å². The SMILES string of the molecule is CN(CC(=O)NN1C(=O)NC(C)(CCc2ccccc2)C1=O)S(=O)(=O)c1ccccc1. The molecule has 4 amide bonds. The van der Waals surface area contributed by atoms with Gasteiger partial charge in [0.25, 0.3) is 11.8 Å². The van der Waals surface area contributed by atoms with E-state index in [0.717, 1.165) is 9.87 Å². The number of sulfonamides is 1. The van der Waals surface area contributed by atoms with Gasteiger partial charge in [0, 0.05) is 7.05 Å². The number of carbonyl (C=O) groups is 3. The molecule has 0 radical (unpaired) electrons. The minimum absolute atomic E-state index is 0.0359. The quantitative estimate of drug-likeness (QED) is 0.595. The van der Waals surface area contributed by atoms with E-state index in [1.165, 1.54) is 19.2 Å². The molecular formula is C21H24N4O5S. The molecule has 2 N–H and O–H groups in total. The van der Waals surface area contributed by atoms with Gasteiger partial charge >= 0.3 is 6.03 Å². The molecule has 2 aromatic rings. The molecule has 0 aliphatic carbocycles. The second kappa shape index (κ2) is 8.86. The summed E-state index contributed by atoms with van der Waals surface area (Å²) in [6, 6.07) is 16.4. The lowest BCUT2D eigenvalue weighted by atomic mass is 9.93. The summed E-state index contributed by atoms with van der Waals surface area (Å²) in [5, 5.41) is 3.21. The number of rotatable bonds is 8. The summed E-state index contributed by atoms with van der Waals surface area (Å²) in [7, 11) is -2.64. The van der Waals surface area contributed by atoms with Gasteiger partial charge in [-0.05, 0) is 37.5 Å². The van der Waals surface area contributed by atoms with Crippen LogP contribution in [-0.2, 0) is 26.0 Å². The number of hydrazine groups is 1. The van der Waals surface area contributed by atoms with Gasteiger partial charge in [-0.3, -0.25) is 15.0 Å². The average molecular weight is 445 g/mol. The third-order valence-electron chi connectivity index (χ3n) is 5.07. The Bertz CT molecular complexity index is 1080. The Morgan fingerprint density at radius 3 is 2.26 bits per heavy atom. The van der Waals surface area contributed by atoms with Gasteiger partial charge in [0.05, 0.1) is 11.4 Å². The smallest absolute Gasteiger partial charge is 0.322 e. The number of nitrogens with zero attached hydrogens (tertiary/aromatic N) is 2. The fourth-order valence-corrected chi connectivity index (χ4v) is 4.36. The summed E-state index contributed by atoms with van der Waals surface area (Å²) in [5.74, 6) is -1.41. The van der Waals surface area contributed by atoms with Crippen molar-refractivity contribution in [2.75, 3.05) is 13.6 Å². The van der Waals surface area contributed by atoms with Crippen LogP contribution in [0.3, 0.4) is 0 Å². The fourth-order valence-electron chi connectivity index (χ4n) is 3.21. The second-order valence-corrected chi connectivity index (χ2v) is 9.54. The summed E-state index contributed by atoms with van der Waals surface area (Å²) in [6.07, 6.45) is 0.902. The standard InChI is InChI=1S/C21H24N4O5S/c1-21(14-13-16-9-5-3-6-10-16)19(27)25(20(28)22-21)23-18(26)15-24(2)31(29,30)17-11-7-4-8-12-17/h3-12H,13-15H2,1-2H3,(H,22,28)(H,23,26). The summed E-state index contributed by atoms with van der Waals surface area (Å²) in [4.78, 5) is 37.5. The van der Waals surface area contributed by atoms with Crippen LogP contribution in [0.5, 0.6) is 0 Å². The van der Waals surface area contributed by atoms with Crippen LogP contribution in [0.15, 0.2) is 65.6 Å². The van der Waals surface area contributed by atoms with Gasteiger partial charge in [0.2, 0.25) is 10.0 Å². The third-order valence-corrected chi connectivity index (χ3v) is 6.89. The Morgan fingerprint density at radius 1 is 1.06 bits per heavy atom. The molecule has 10 heteroatoms. The van der Waals surface area contributed by atoms with E-state index in [1.54, 1.807) is 25.1 Å². The summed E-state index contributed by atoms with van der Waals surface area (Å²) >= 11 is 0. The van der Waals surface area contributed by atoms with E-state index in [1.807, 2.05) is 30.3 Å². The van der Waals surface area contributed by atoms with E-state index in [9.17, 15) is 22.8 Å². The summed E-state index contributed by atoms with van der Waals surface area (Å²) in [5.41, 5.74) is 2.05. The van der Waals surface area contributed by atoms with Gasteiger partial charge in [0.15, 0.2) is 0 Å². The van der Waals surface area contributed by atoms with Crippen LogP contribution in [0.4, 0.5) is 4.79 Å². The Labute approximate surface area is 181 Å². The van der Waals surface area contributed by atoms with Crippen molar-refractivity contribution in [2.24, 2.45) is 0 Å². The van der Waals surface area contributed by atoms with Crippen molar-refractivity contribution in [1.82, 2.24) is 20.1 Å². The van der Waals surface area contributed by atoms with E-state index < -0.39 is 40.0 Å². The van der Waals surface area contributed by atoms with Gasteiger partial charge in [-0.15, -0.1) is 0 Å². The lowest BCUT2D eigenvalue weighted by Gasteiger charge is -2.22.